The Morgan fingerprint density at radius 2 is 2.25 bits per heavy atom. The number of carboxylic acids is 1. The molecule has 0 spiro atoms. The fraction of sp³-hybridized carbons (Fsp3) is 0.545. The van der Waals surface area contributed by atoms with Gasteiger partial charge in [-0.2, -0.15) is 11.8 Å². The molecule has 1 fully saturated rings. The van der Waals surface area contributed by atoms with Crippen LogP contribution in [-0.4, -0.2) is 28.6 Å². The molecule has 1 aromatic rings. The van der Waals surface area contributed by atoms with Gasteiger partial charge in [0, 0.05) is 22.8 Å². The van der Waals surface area contributed by atoms with Crippen LogP contribution in [0.2, 0.25) is 0 Å². The van der Waals surface area contributed by atoms with E-state index in [1.807, 2.05) is 11.8 Å². The summed E-state index contributed by atoms with van der Waals surface area (Å²) in [5.41, 5.74) is 0.404. The molecule has 0 atom stereocenters. The normalized spacial score (nSPS) is 17.5. The van der Waals surface area contributed by atoms with Crippen LogP contribution in [0.1, 0.15) is 28.1 Å². The molecular formula is C11H15NO2S2. The Morgan fingerprint density at radius 1 is 1.50 bits per heavy atom. The number of nitrogens with one attached hydrogen (secondary N) is 1. The van der Waals surface area contributed by atoms with Gasteiger partial charge in [0.1, 0.15) is 0 Å². The van der Waals surface area contributed by atoms with E-state index < -0.39 is 5.97 Å². The van der Waals surface area contributed by atoms with E-state index in [-0.39, 0.29) is 0 Å². The second kappa shape index (κ2) is 5.70. The standard InChI is InChI=1S/C11H15NO2S2/c13-11(14)8-5-10(16-7-8)6-12-9-1-3-15-4-2-9/h5,7,9,12H,1-4,6H2,(H,13,14). The van der Waals surface area contributed by atoms with E-state index >= 15 is 0 Å². The van der Waals surface area contributed by atoms with Crippen LogP contribution in [0.4, 0.5) is 0 Å². The second-order valence-corrected chi connectivity index (χ2v) is 6.09. The van der Waals surface area contributed by atoms with Gasteiger partial charge in [-0.15, -0.1) is 11.3 Å². The zero-order valence-electron chi connectivity index (χ0n) is 8.94. The Bertz CT molecular complexity index is 359. The lowest BCUT2D eigenvalue weighted by molar-refractivity contribution is 0.0697. The quantitative estimate of drug-likeness (QED) is 0.870. The molecule has 0 unspecified atom stereocenters. The Morgan fingerprint density at radius 3 is 2.88 bits per heavy atom. The van der Waals surface area contributed by atoms with E-state index in [4.69, 9.17) is 5.11 Å². The van der Waals surface area contributed by atoms with Crippen LogP contribution in [0, 0.1) is 0 Å². The number of thiophene rings is 1. The van der Waals surface area contributed by atoms with E-state index in [2.05, 4.69) is 5.32 Å². The van der Waals surface area contributed by atoms with Crippen molar-refractivity contribution in [3.63, 3.8) is 0 Å². The minimum atomic E-state index is -0.837. The fourth-order valence-electron chi connectivity index (χ4n) is 1.73. The maximum Gasteiger partial charge on any atom is 0.336 e. The van der Waals surface area contributed by atoms with E-state index in [0.29, 0.717) is 11.6 Å². The smallest absolute Gasteiger partial charge is 0.336 e. The molecule has 2 N–H and O–H groups in total. The Kier molecular flexibility index (Phi) is 4.26. The van der Waals surface area contributed by atoms with Crippen molar-refractivity contribution in [2.24, 2.45) is 0 Å². The summed E-state index contributed by atoms with van der Waals surface area (Å²) in [4.78, 5) is 11.8. The van der Waals surface area contributed by atoms with Crippen LogP contribution >= 0.6 is 23.1 Å². The van der Waals surface area contributed by atoms with Gasteiger partial charge >= 0.3 is 5.97 Å². The average molecular weight is 257 g/mol. The monoisotopic (exact) mass is 257 g/mol. The fourth-order valence-corrected chi connectivity index (χ4v) is 3.65. The Balaban J connectivity index is 1.81. The predicted octanol–water partition coefficient (Wildman–Crippen LogP) is 2.43. The molecule has 88 valence electrons. The largest absolute Gasteiger partial charge is 0.478 e. The zero-order valence-corrected chi connectivity index (χ0v) is 10.6. The molecule has 0 aromatic carbocycles. The van der Waals surface area contributed by atoms with Crippen LogP contribution in [0.15, 0.2) is 11.4 Å². The molecule has 0 aliphatic carbocycles. The first-order valence-electron chi connectivity index (χ1n) is 5.37. The van der Waals surface area contributed by atoms with Crippen molar-refractivity contribution in [3.8, 4) is 0 Å². The predicted molar refractivity (Wildman–Crippen MR) is 68.5 cm³/mol. The molecular weight excluding hydrogens is 242 g/mol. The van der Waals surface area contributed by atoms with Gasteiger partial charge < -0.3 is 10.4 Å². The third-order valence-electron chi connectivity index (χ3n) is 2.69. The first-order valence-corrected chi connectivity index (χ1v) is 7.41. The van der Waals surface area contributed by atoms with Crippen LogP contribution in [0.3, 0.4) is 0 Å². The van der Waals surface area contributed by atoms with Crippen LogP contribution in [-0.2, 0) is 6.54 Å². The average Bonchev–Trinajstić information content (AvgIpc) is 2.76. The number of carbonyl (C=O) groups is 1. The van der Waals surface area contributed by atoms with Gasteiger partial charge in [-0.1, -0.05) is 0 Å². The summed E-state index contributed by atoms with van der Waals surface area (Å²) in [5.74, 6) is 1.64. The molecule has 0 saturated carbocycles. The molecule has 0 radical (unpaired) electrons. The summed E-state index contributed by atoms with van der Waals surface area (Å²) in [6, 6.07) is 2.37. The van der Waals surface area contributed by atoms with E-state index in [1.54, 1.807) is 11.4 Å². The first kappa shape index (κ1) is 12.0. The molecule has 5 heteroatoms. The molecule has 0 amide bonds. The maximum atomic E-state index is 10.7. The topological polar surface area (TPSA) is 49.3 Å². The maximum absolute atomic E-state index is 10.7. The molecule has 1 aliphatic rings. The highest BCUT2D eigenvalue weighted by Gasteiger charge is 2.13. The third-order valence-corrected chi connectivity index (χ3v) is 4.67. The van der Waals surface area contributed by atoms with E-state index in [0.717, 1.165) is 11.4 Å². The second-order valence-electron chi connectivity index (χ2n) is 3.87. The summed E-state index contributed by atoms with van der Waals surface area (Å²) >= 11 is 3.53. The molecule has 2 rings (SSSR count). The molecule has 0 bridgehead atoms. The lowest BCUT2D eigenvalue weighted by Crippen LogP contribution is -2.31. The highest BCUT2D eigenvalue weighted by molar-refractivity contribution is 7.99. The highest BCUT2D eigenvalue weighted by Crippen LogP contribution is 2.19. The van der Waals surface area contributed by atoms with Gasteiger partial charge in [0.25, 0.3) is 0 Å². The van der Waals surface area contributed by atoms with Gasteiger partial charge in [-0.3, -0.25) is 0 Å². The number of hydrogen-bond acceptors (Lipinski definition) is 4. The third kappa shape index (κ3) is 3.23. The lowest BCUT2D eigenvalue weighted by atomic mass is 10.1. The van der Waals surface area contributed by atoms with Gasteiger partial charge in [-0.05, 0) is 30.4 Å². The van der Waals surface area contributed by atoms with Crippen LogP contribution in [0.5, 0.6) is 0 Å². The summed E-state index contributed by atoms with van der Waals surface area (Å²) in [6.07, 6.45) is 2.45. The minimum Gasteiger partial charge on any atom is -0.478 e. The van der Waals surface area contributed by atoms with Crippen molar-refractivity contribution in [2.75, 3.05) is 11.5 Å². The van der Waals surface area contributed by atoms with E-state index in [9.17, 15) is 4.79 Å². The van der Waals surface area contributed by atoms with Gasteiger partial charge in [0.2, 0.25) is 0 Å². The summed E-state index contributed by atoms with van der Waals surface area (Å²) in [5, 5.41) is 14.0. The van der Waals surface area contributed by atoms with Crippen molar-refractivity contribution < 1.29 is 9.90 Å². The van der Waals surface area contributed by atoms with Crippen LogP contribution < -0.4 is 5.32 Å². The molecule has 1 saturated heterocycles. The number of hydrogen-bond donors (Lipinski definition) is 2. The number of rotatable bonds is 4. The van der Waals surface area contributed by atoms with Crippen molar-refractivity contribution in [2.45, 2.75) is 25.4 Å². The number of thioether (sulfide) groups is 1. The van der Waals surface area contributed by atoms with Crippen molar-refractivity contribution >= 4 is 29.1 Å². The molecule has 3 nitrogen and oxygen atoms in total. The highest BCUT2D eigenvalue weighted by atomic mass is 32.2. The molecule has 16 heavy (non-hydrogen) atoms. The minimum absolute atomic E-state index is 0.404. The molecule has 2 heterocycles. The van der Waals surface area contributed by atoms with Crippen molar-refractivity contribution in [1.82, 2.24) is 5.32 Å². The summed E-state index contributed by atoms with van der Waals surface area (Å²) in [6.45, 7) is 0.799. The zero-order chi connectivity index (χ0) is 11.4. The first-order chi connectivity index (χ1) is 7.75. The van der Waals surface area contributed by atoms with Crippen molar-refractivity contribution in [3.05, 3.63) is 21.9 Å². The molecule has 1 aromatic heterocycles. The van der Waals surface area contributed by atoms with E-state index in [1.165, 1.54) is 35.7 Å². The molecule has 1 aliphatic heterocycles. The SMILES string of the molecule is O=C(O)c1csc(CNC2CCSCC2)c1. The van der Waals surface area contributed by atoms with Gasteiger partial charge in [0.05, 0.1) is 5.56 Å². The number of carboxylic acid groups (broad SMARTS) is 1. The number of aromatic carboxylic acids is 1. The summed E-state index contributed by atoms with van der Waals surface area (Å²) < 4.78 is 0. The van der Waals surface area contributed by atoms with Gasteiger partial charge in [-0.25, -0.2) is 4.79 Å². The summed E-state index contributed by atoms with van der Waals surface area (Å²) in [7, 11) is 0. The lowest BCUT2D eigenvalue weighted by Gasteiger charge is -2.22. The Hall–Kier alpha value is -0.520. The van der Waals surface area contributed by atoms with Crippen LogP contribution in [0.25, 0.3) is 0 Å². The Labute approximate surface area is 103 Å². The van der Waals surface area contributed by atoms with Gasteiger partial charge in [0.15, 0.2) is 0 Å². The van der Waals surface area contributed by atoms with Crippen molar-refractivity contribution in [1.29, 1.82) is 0 Å².